The number of rotatable bonds is 5. The van der Waals surface area contributed by atoms with Crippen LogP contribution in [0.1, 0.15) is 12.8 Å². The fraction of sp³-hybridized carbons (Fsp3) is 0.929. The first-order valence-electron chi connectivity index (χ1n) is 7.31. The number of nitrogens with one attached hydrogen (secondary N) is 1. The highest BCUT2D eigenvalue weighted by atomic mass is 16.5. The fourth-order valence-corrected chi connectivity index (χ4v) is 3.13. The largest absolute Gasteiger partial charge is 0.384 e. The second-order valence-electron chi connectivity index (χ2n) is 5.66. The first kappa shape index (κ1) is 15.7. The van der Waals surface area contributed by atoms with Gasteiger partial charge in [0.15, 0.2) is 0 Å². The second kappa shape index (κ2) is 7.36. The molecule has 0 saturated carbocycles. The molecule has 116 valence electrons. The zero-order valence-corrected chi connectivity index (χ0v) is 12.5. The van der Waals surface area contributed by atoms with Crippen molar-refractivity contribution in [3.8, 4) is 0 Å². The van der Waals surface area contributed by atoms with Gasteiger partial charge < -0.3 is 24.4 Å². The first-order valence-corrected chi connectivity index (χ1v) is 7.31. The molecular weight excluding hydrogens is 260 g/mol. The van der Waals surface area contributed by atoms with Crippen LogP contribution in [0.4, 0.5) is 0 Å². The van der Waals surface area contributed by atoms with Crippen LogP contribution in [0.3, 0.4) is 0 Å². The SMILES string of the molecule is COCC1CN(C(=O)C2(COC)CCNCC2)CCO1. The minimum Gasteiger partial charge on any atom is -0.384 e. The van der Waals surface area contributed by atoms with Crippen LogP contribution in [0.15, 0.2) is 0 Å². The van der Waals surface area contributed by atoms with Crippen molar-refractivity contribution in [1.82, 2.24) is 10.2 Å². The van der Waals surface area contributed by atoms with E-state index < -0.39 is 0 Å². The van der Waals surface area contributed by atoms with Crippen LogP contribution in [-0.2, 0) is 19.0 Å². The van der Waals surface area contributed by atoms with Crippen molar-refractivity contribution >= 4 is 5.91 Å². The third-order valence-corrected chi connectivity index (χ3v) is 4.21. The van der Waals surface area contributed by atoms with Crippen LogP contribution in [0.25, 0.3) is 0 Å². The highest BCUT2D eigenvalue weighted by Gasteiger charge is 2.43. The Morgan fingerprint density at radius 3 is 2.75 bits per heavy atom. The van der Waals surface area contributed by atoms with Crippen LogP contribution >= 0.6 is 0 Å². The Morgan fingerprint density at radius 1 is 1.35 bits per heavy atom. The van der Waals surface area contributed by atoms with Gasteiger partial charge in [-0.15, -0.1) is 0 Å². The Morgan fingerprint density at radius 2 is 2.10 bits per heavy atom. The number of hydrogen-bond donors (Lipinski definition) is 1. The maximum Gasteiger partial charge on any atom is 0.231 e. The molecule has 6 nitrogen and oxygen atoms in total. The van der Waals surface area contributed by atoms with Gasteiger partial charge in [-0.3, -0.25) is 4.79 Å². The Balaban J connectivity index is 2.02. The summed E-state index contributed by atoms with van der Waals surface area (Å²) in [7, 11) is 3.33. The van der Waals surface area contributed by atoms with E-state index in [9.17, 15) is 4.79 Å². The number of hydrogen-bond acceptors (Lipinski definition) is 5. The lowest BCUT2D eigenvalue weighted by atomic mass is 9.78. The molecule has 20 heavy (non-hydrogen) atoms. The lowest BCUT2D eigenvalue weighted by Crippen LogP contribution is -2.56. The normalized spacial score (nSPS) is 26.5. The van der Waals surface area contributed by atoms with E-state index in [4.69, 9.17) is 14.2 Å². The molecule has 0 spiro atoms. The number of piperidine rings is 1. The quantitative estimate of drug-likeness (QED) is 0.763. The summed E-state index contributed by atoms with van der Waals surface area (Å²) in [6, 6.07) is 0. The van der Waals surface area contributed by atoms with Gasteiger partial charge in [-0.25, -0.2) is 0 Å². The summed E-state index contributed by atoms with van der Waals surface area (Å²) in [5, 5.41) is 3.31. The van der Waals surface area contributed by atoms with E-state index in [0.717, 1.165) is 25.9 Å². The summed E-state index contributed by atoms with van der Waals surface area (Å²) in [6.07, 6.45) is 1.66. The van der Waals surface area contributed by atoms with Gasteiger partial charge in [0.2, 0.25) is 5.91 Å². The van der Waals surface area contributed by atoms with E-state index >= 15 is 0 Å². The molecule has 2 heterocycles. The minimum absolute atomic E-state index is 0.0148. The number of ether oxygens (including phenoxy) is 3. The zero-order chi connectivity index (χ0) is 14.4. The number of amides is 1. The van der Waals surface area contributed by atoms with E-state index in [0.29, 0.717) is 32.9 Å². The Bertz CT molecular complexity index is 311. The highest BCUT2D eigenvalue weighted by molar-refractivity contribution is 5.83. The molecule has 2 aliphatic heterocycles. The molecule has 2 aliphatic rings. The van der Waals surface area contributed by atoms with E-state index in [-0.39, 0.29) is 17.4 Å². The van der Waals surface area contributed by atoms with Crippen molar-refractivity contribution in [2.75, 3.05) is 60.2 Å². The number of morpholine rings is 1. The molecule has 0 aliphatic carbocycles. The van der Waals surface area contributed by atoms with Gasteiger partial charge in [0.25, 0.3) is 0 Å². The van der Waals surface area contributed by atoms with Crippen molar-refractivity contribution < 1.29 is 19.0 Å². The lowest BCUT2D eigenvalue weighted by molar-refractivity contribution is -0.156. The smallest absolute Gasteiger partial charge is 0.231 e. The number of nitrogens with zero attached hydrogens (tertiary/aromatic N) is 1. The monoisotopic (exact) mass is 286 g/mol. The summed E-state index contributed by atoms with van der Waals surface area (Å²) < 4.78 is 16.1. The van der Waals surface area contributed by atoms with E-state index in [1.165, 1.54) is 0 Å². The molecule has 1 unspecified atom stereocenters. The molecular formula is C14H26N2O4. The van der Waals surface area contributed by atoms with Gasteiger partial charge in [0.05, 0.1) is 31.3 Å². The fourth-order valence-electron chi connectivity index (χ4n) is 3.13. The van der Waals surface area contributed by atoms with Crippen LogP contribution in [0.2, 0.25) is 0 Å². The van der Waals surface area contributed by atoms with Crippen molar-refractivity contribution in [3.05, 3.63) is 0 Å². The third kappa shape index (κ3) is 3.49. The molecule has 2 rings (SSSR count). The van der Waals surface area contributed by atoms with Crippen molar-refractivity contribution in [2.24, 2.45) is 5.41 Å². The van der Waals surface area contributed by atoms with Crippen molar-refractivity contribution in [1.29, 1.82) is 0 Å². The maximum atomic E-state index is 12.9. The van der Waals surface area contributed by atoms with Crippen LogP contribution < -0.4 is 5.32 Å². The average Bonchev–Trinajstić information content (AvgIpc) is 2.48. The van der Waals surface area contributed by atoms with Crippen LogP contribution in [0, 0.1) is 5.41 Å². The third-order valence-electron chi connectivity index (χ3n) is 4.21. The van der Waals surface area contributed by atoms with Gasteiger partial charge in [-0.1, -0.05) is 0 Å². The average molecular weight is 286 g/mol. The highest BCUT2D eigenvalue weighted by Crippen LogP contribution is 2.32. The molecule has 0 bridgehead atoms. The van der Waals surface area contributed by atoms with Crippen molar-refractivity contribution in [2.45, 2.75) is 18.9 Å². The lowest BCUT2D eigenvalue weighted by Gasteiger charge is -2.42. The van der Waals surface area contributed by atoms with E-state index in [1.807, 2.05) is 4.90 Å². The first-order chi connectivity index (χ1) is 9.72. The molecule has 0 aromatic rings. The molecule has 2 saturated heterocycles. The van der Waals surface area contributed by atoms with Gasteiger partial charge in [-0.2, -0.15) is 0 Å². The zero-order valence-electron chi connectivity index (χ0n) is 12.5. The van der Waals surface area contributed by atoms with Crippen LogP contribution in [-0.4, -0.2) is 77.1 Å². The number of carbonyl (C=O) groups is 1. The Hall–Kier alpha value is -0.690. The number of methoxy groups -OCH3 is 2. The second-order valence-corrected chi connectivity index (χ2v) is 5.66. The molecule has 0 aromatic heterocycles. The van der Waals surface area contributed by atoms with Gasteiger partial charge in [-0.05, 0) is 25.9 Å². The van der Waals surface area contributed by atoms with Crippen molar-refractivity contribution in [3.63, 3.8) is 0 Å². The summed E-state index contributed by atoms with van der Waals surface area (Å²) in [5.41, 5.74) is -0.366. The summed E-state index contributed by atoms with van der Waals surface area (Å²) in [6.45, 7) is 4.65. The van der Waals surface area contributed by atoms with Crippen LogP contribution in [0.5, 0.6) is 0 Å². The summed E-state index contributed by atoms with van der Waals surface area (Å²) in [4.78, 5) is 14.9. The topological polar surface area (TPSA) is 60.0 Å². The number of carbonyl (C=O) groups excluding carboxylic acids is 1. The molecule has 6 heteroatoms. The predicted octanol–water partition coefficient (Wildman–Crippen LogP) is -0.124. The maximum absolute atomic E-state index is 12.9. The van der Waals surface area contributed by atoms with Gasteiger partial charge in [0, 0.05) is 27.3 Å². The minimum atomic E-state index is -0.366. The van der Waals surface area contributed by atoms with Gasteiger partial charge in [0.1, 0.15) is 0 Å². The van der Waals surface area contributed by atoms with Gasteiger partial charge >= 0.3 is 0 Å². The molecule has 1 atom stereocenters. The predicted molar refractivity (Wildman–Crippen MR) is 74.6 cm³/mol. The standard InChI is InChI=1S/C14H26N2O4/c1-18-10-12-9-16(7-8-20-12)13(17)14(11-19-2)3-5-15-6-4-14/h12,15H,3-11H2,1-2H3. The van der Waals surface area contributed by atoms with E-state index in [1.54, 1.807) is 14.2 Å². The molecule has 0 radical (unpaired) electrons. The summed E-state index contributed by atoms with van der Waals surface area (Å²) >= 11 is 0. The molecule has 1 N–H and O–H groups in total. The molecule has 1 amide bonds. The van der Waals surface area contributed by atoms with E-state index in [2.05, 4.69) is 5.32 Å². The summed E-state index contributed by atoms with van der Waals surface area (Å²) in [5.74, 6) is 0.213. The Labute approximate surface area is 120 Å². The Kier molecular flexibility index (Phi) is 5.77. The molecule has 2 fully saturated rings. The molecule has 0 aromatic carbocycles.